The topological polar surface area (TPSA) is 89.8 Å². The number of ether oxygens (including phenoxy) is 1. The fourth-order valence-electron chi connectivity index (χ4n) is 3.47. The molecule has 2 heterocycles. The highest BCUT2D eigenvalue weighted by Gasteiger charge is 2.22. The molecule has 1 unspecified atom stereocenters. The zero-order chi connectivity index (χ0) is 19.7. The lowest BCUT2D eigenvalue weighted by atomic mass is 10.0. The second-order valence-electron chi connectivity index (χ2n) is 6.53. The molecule has 28 heavy (non-hydrogen) atoms. The number of anilines is 1. The lowest BCUT2D eigenvalue weighted by molar-refractivity contribution is 0.483. The first-order chi connectivity index (χ1) is 13.6. The highest BCUT2D eigenvalue weighted by molar-refractivity contribution is 6.02. The maximum Gasteiger partial charge on any atom is 0.147 e. The number of nitriles is 1. The molecule has 0 fully saturated rings. The Morgan fingerprint density at radius 3 is 2.39 bits per heavy atom. The highest BCUT2D eigenvalue weighted by atomic mass is 16.5. The summed E-state index contributed by atoms with van der Waals surface area (Å²) in [6.07, 6.45) is 1.43. The van der Waals surface area contributed by atoms with Crippen LogP contribution in [0.15, 0.2) is 60.9 Å². The van der Waals surface area contributed by atoms with Crippen LogP contribution in [0.1, 0.15) is 18.7 Å². The Hall–Kier alpha value is -3.85. The molecule has 138 valence electrons. The smallest absolute Gasteiger partial charge is 0.147 e. The van der Waals surface area contributed by atoms with E-state index >= 15 is 0 Å². The molecule has 2 aromatic carbocycles. The summed E-state index contributed by atoms with van der Waals surface area (Å²) in [6, 6.07) is 19.3. The van der Waals surface area contributed by atoms with Gasteiger partial charge < -0.3 is 15.0 Å². The first kappa shape index (κ1) is 17.6. The number of benzene rings is 2. The van der Waals surface area contributed by atoms with Crippen LogP contribution in [0.5, 0.6) is 11.5 Å². The van der Waals surface area contributed by atoms with Crippen LogP contribution in [-0.4, -0.2) is 14.5 Å². The zero-order valence-corrected chi connectivity index (χ0v) is 15.6. The van der Waals surface area contributed by atoms with Gasteiger partial charge in [0.15, 0.2) is 0 Å². The maximum absolute atomic E-state index is 9.44. The molecule has 2 N–H and O–H groups in total. The summed E-state index contributed by atoms with van der Waals surface area (Å²) in [7, 11) is 0. The van der Waals surface area contributed by atoms with E-state index in [2.05, 4.69) is 16.0 Å². The van der Waals surface area contributed by atoms with Crippen LogP contribution in [-0.2, 0) is 0 Å². The monoisotopic (exact) mass is 369 g/mol. The number of hydrogen-bond acceptors (Lipinski definition) is 5. The van der Waals surface area contributed by atoms with E-state index in [1.54, 1.807) is 0 Å². The summed E-state index contributed by atoms with van der Waals surface area (Å²) in [5.74, 6) is 1.92. The molecule has 0 aliphatic rings. The number of rotatable bonds is 4. The van der Waals surface area contributed by atoms with Crippen LogP contribution in [0.2, 0.25) is 0 Å². The molecule has 0 aliphatic carbocycles. The van der Waals surface area contributed by atoms with Crippen LogP contribution in [0.4, 0.5) is 5.82 Å². The molecule has 4 aromatic rings. The first-order valence-electron chi connectivity index (χ1n) is 8.94. The van der Waals surface area contributed by atoms with Gasteiger partial charge in [-0.1, -0.05) is 30.3 Å². The molecule has 0 saturated carbocycles. The van der Waals surface area contributed by atoms with E-state index in [4.69, 9.17) is 10.5 Å². The van der Waals surface area contributed by atoms with Crippen molar-refractivity contribution in [2.45, 2.75) is 19.9 Å². The molecule has 0 amide bonds. The minimum absolute atomic E-state index is 0.369. The minimum atomic E-state index is -0.369. The van der Waals surface area contributed by atoms with Gasteiger partial charge in [-0.2, -0.15) is 5.26 Å². The van der Waals surface area contributed by atoms with E-state index in [0.29, 0.717) is 11.5 Å². The van der Waals surface area contributed by atoms with E-state index in [1.807, 2.05) is 73.0 Å². The SMILES string of the molecule is Cc1c(-c2ccc(Oc3ccccc3)cc2)c2c(N)ncnc2n1C(C)C#N. The van der Waals surface area contributed by atoms with Gasteiger partial charge in [0.1, 0.15) is 35.3 Å². The summed E-state index contributed by atoms with van der Waals surface area (Å²) >= 11 is 0. The van der Waals surface area contributed by atoms with Crippen LogP contribution < -0.4 is 10.5 Å². The predicted molar refractivity (Wildman–Crippen MR) is 109 cm³/mol. The number of fused-ring (bicyclic) bond motifs is 1. The van der Waals surface area contributed by atoms with E-state index in [-0.39, 0.29) is 6.04 Å². The van der Waals surface area contributed by atoms with E-state index in [0.717, 1.165) is 33.7 Å². The average Bonchev–Trinajstić information content (AvgIpc) is 3.02. The summed E-state index contributed by atoms with van der Waals surface area (Å²) < 4.78 is 7.77. The molecule has 4 rings (SSSR count). The summed E-state index contributed by atoms with van der Waals surface area (Å²) in [5.41, 5.74) is 9.67. The Morgan fingerprint density at radius 1 is 1.04 bits per heavy atom. The van der Waals surface area contributed by atoms with Gasteiger partial charge in [0.05, 0.1) is 11.5 Å². The van der Waals surface area contributed by atoms with Crippen molar-refractivity contribution >= 4 is 16.9 Å². The number of nitrogens with two attached hydrogens (primary N) is 1. The summed E-state index contributed by atoms with van der Waals surface area (Å²) in [4.78, 5) is 8.54. The quantitative estimate of drug-likeness (QED) is 0.554. The van der Waals surface area contributed by atoms with Crippen molar-refractivity contribution in [1.29, 1.82) is 5.26 Å². The maximum atomic E-state index is 9.44. The van der Waals surface area contributed by atoms with Crippen molar-refractivity contribution < 1.29 is 4.74 Å². The molecule has 0 bridgehead atoms. The van der Waals surface area contributed by atoms with Gasteiger partial charge in [-0.3, -0.25) is 0 Å². The third kappa shape index (κ3) is 2.93. The molecule has 6 heteroatoms. The van der Waals surface area contributed by atoms with Gasteiger partial charge in [0.25, 0.3) is 0 Å². The van der Waals surface area contributed by atoms with Crippen molar-refractivity contribution in [1.82, 2.24) is 14.5 Å². The van der Waals surface area contributed by atoms with E-state index in [1.165, 1.54) is 6.33 Å². The lowest BCUT2D eigenvalue weighted by Crippen LogP contribution is -2.05. The van der Waals surface area contributed by atoms with Crippen LogP contribution in [0.25, 0.3) is 22.2 Å². The molecule has 0 spiro atoms. The lowest BCUT2D eigenvalue weighted by Gasteiger charge is -2.10. The number of nitrogens with zero attached hydrogens (tertiary/aromatic N) is 4. The first-order valence-corrected chi connectivity index (χ1v) is 8.94. The summed E-state index contributed by atoms with van der Waals surface area (Å²) in [6.45, 7) is 3.81. The molecule has 0 saturated heterocycles. The minimum Gasteiger partial charge on any atom is -0.457 e. The van der Waals surface area contributed by atoms with Crippen molar-refractivity contribution in [3.8, 4) is 28.7 Å². The van der Waals surface area contributed by atoms with Crippen LogP contribution in [0, 0.1) is 18.3 Å². The van der Waals surface area contributed by atoms with Crippen LogP contribution >= 0.6 is 0 Å². The normalized spacial score (nSPS) is 11.9. The molecule has 0 aliphatic heterocycles. The zero-order valence-electron chi connectivity index (χ0n) is 15.6. The molecule has 1 atom stereocenters. The van der Waals surface area contributed by atoms with Crippen molar-refractivity contribution in [2.24, 2.45) is 0 Å². The highest BCUT2D eigenvalue weighted by Crippen LogP contribution is 2.38. The average molecular weight is 369 g/mol. The standard InChI is InChI=1S/C22H19N5O/c1-14(12-23)27-15(2)19(20-21(24)25-13-26-22(20)27)16-8-10-18(11-9-16)28-17-6-4-3-5-7-17/h3-11,13-14H,1-2H3,(H2,24,25,26). The fraction of sp³-hybridized carbons (Fsp3) is 0.136. The van der Waals surface area contributed by atoms with Crippen LogP contribution in [0.3, 0.4) is 0 Å². The largest absolute Gasteiger partial charge is 0.457 e. The number of nitrogen functional groups attached to an aromatic ring is 1. The van der Waals surface area contributed by atoms with E-state index < -0.39 is 0 Å². The van der Waals surface area contributed by atoms with Gasteiger partial charge in [0, 0.05) is 11.3 Å². The molecular weight excluding hydrogens is 350 g/mol. The third-order valence-corrected chi connectivity index (χ3v) is 4.75. The molecule has 2 aromatic heterocycles. The van der Waals surface area contributed by atoms with Crippen molar-refractivity contribution in [3.05, 3.63) is 66.6 Å². The number of para-hydroxylation sites is 1. The van der Waals surface area contributed by atoms with Gasteiger partial charge >= 0.3 is 0 Å². The predicted octanol–water partition coefficient (Wildman–Crippen LogP) is 4.87. The molecular formula is C22H19N5O. The van der Waals surface area contributed by atoms with Gasteiger partial charge in [0.2, 0.25) is 0 Å². The Labute approximate surface area is 162 Å². The van der Waals surface area contributed by atoms with Gasteiger partial charge in [-0.05, 0) is 43.7 Å². The second-order valence-corrected chi connectivity index (χ2v) is 6.53. The van der Waals surface area contributed by atoms with Crippen molar-refractivity contribution in [2.75, 3.05) is 5.73 Å². The van der Waals surface area contributed by atoms with E-state index in [9.17, 15) is 5.26 Å². The van der Waals surface area contributed by atoms with Gasteiger partial charge in [-0.15, -0.1) is 0 Å². The van der Waals surface area contributed by atoms with Gasteiger partial charge in [-0.25, -0.2) is 9.97 Å². The second kappa shape index (κ2) is 7.05. The Kier molecular flexibility index (Phi) is 4.42. The summed E-state index contributed by atoms with van der Waals surface area (Å²) in [5, 5.41) is 10.2. The Bertz CT molecular complexity index is 1170. The number of hydrogen-bond donors (Lipinski definition) is 1. The molecule has 0 radical (unpaired) electrons. The Morgan fingerprint density at radius 2 is 1.71 bits per heavy atom. The third-order valence-electron chi connectivity index (χ3n) is 4.75. The molecule has 6 nitrogen and oxygen atoms in total. The Balaban J connectivity index is 1.81. The number of aromatic nitrogens is 3. The van der Waals surface area contributed by atoms with Crippen molar-refractivity contribution in [3.63, 3.8) is 0 Å². The fourth-order valence-corrected chi connectivity index (χ4v) is 3.47.